The molecule has 0 aliphatic rings. The molecule has 0 fully saturated rings. The van der Waals surface area contributed by atoms with Crippen LogP contribution >= 0.6 is 11.3 Å². The zero-order valence-electron chi connectivity index (χ0n) is 12.2. The first-order chi connectivity index (χ1) is 11.4. The number of thiazole rings is 1. The van der Waals surface area contributed by atoms with Gasteiger partial charge in [0.15, 0.2) is 5.82 Å². The van der Waals surface area contributed by atoms with Crippen LogP contribution in [0.25, 0.3) is 21.6 Å². The lowest BCUT2D eigenvalue weighted by atomic mass is 10.3. The third kappa shape index (κ3) is 2.91. The molecule has 2 N–H and O–H groups in total. The molecule has 0 spiro atoms. The zero-order chi connectivity index (χ0) is 15.5. The Hall–Kier alpha value is -2.80. The first-order valence-corrected chi connectivity index (χ1v) is 8.15. The molecule has 0 atom stereocenters. The molecular formula is C16H14N6S. The Kier molecular flexibility index (Phi) is 3.69. The Bertz CT molecular complexity index is 914. The fraction of sp³-hybridized carbons (Fsp3) is 0.125. The van der Waals surface area contributed by atoms with Gasteiger partial charge in [-0.05, 0) is 18.2 Å². The molecule has 4 heterocycles. The summed E-state index contributed by atoms with van der Waals surface area (Å²) in [6.07, 6.45) is 7.88. The van der Waals surface area contributed by atoms with E-state index in [0.29, 0.717) is 0 Å². The standard InChI is InChI=1S/C16H14N6S/c1-2-11(8-17-5-1)16-22-12(9-23-16)3-6-19-15-14-13(4-7-18-14)20-10-21-15/h1-2,4-5,7-10,18H,3,6H2,(H,19,20,21). The van der Waals surface area contributed by atoms with Crippen LogP contribution in [-0.4, -0.2) is 31.5 Å². The molecule has 6 nitrogen and oxygen atoms in total. The fourth-order valence-electron chi connectivity index (χ4n) is 2.36. The Balaban J connectivity index is 1.42. The summed E-state index contributed by atoms with van der Waals surface area (Å²) < 4.78 is 0. The maximum atomic E-state index is 4.66. The lowest BCUT2D eigenvalue weighted by Crippen LogP contribution is -2.07. The Morgan fingerprint density at radius 3 is 3.13 bits per heavy atom. The largest absolute Gasteiger partial charge is 0.368 e. The summed E-state index contributed by atoms with van der Waals surface area (Å²) in [4.78, 5) is 20.4. The number of rotatable bonds is 5. The molecule has 23 heavy (non-hydrogen) atoms. The van der Waals surface area contributed by atoms with Crippen LogP contribution in [0.4, 0.5) is 5.82 Å². The molecule has 0 bridgehead atoms. The average molecular weight is 322 g/mol. The van der Waals surface area contributed by atoms with Crippen molar-refractivity contribution in [2.45, 2.75) is 6.42 Å². The van der Waals surface area contributed by atoms with Gasteiger partial charge in [-0.15, -0.1) is 11.3 Å². The first kappa shape index (κ1) is 13.8. The number of fused-ring (bicyclic) bond motifs is 1. The topological polar surface area (TPSA) is 79.4 Å². The van der Waals surface area contributed by atoms with E-state index in [0.717, 1.165) is 46.1 Å². The highest BCUT2D eigenvalue weighted by atomic mass is 32.1. The number of pyridine rings is 1. The molecule has 114 valence electrons. The van der Waals surface area contributed by atoms with Crippen LogP contribution in [0, 0.1) is 0 Å². The van der Waals surface area contributed by atoms with Crippen LogP contribution in [0.3, 0.4) is 0 Å². The van der Waals surface area contributed by atoms with E-state index >= 15 is 0 Å². The van der Waals surface area contributed by atoms with E-state index < -0.39 is 0 Å². The second-order valence-corrected chi connectivity index (χ2v) is 5.88. The highest BCUT2D eigenvalue weighted by Gasteiger charge is 2.06. The van der Waals surface area contributed by atoms with Gasteiger partial charge in [-0.25, -0.2) is 15.0 Å². The Labute approximate surface area is 136 Å². The summed E-state index contributed by atoms with van der Waals surface area (Å²) >= 11 is 1.64. The van der Waals surface area contributed by atoms with Crippen LogP contribution in [0.1, 0.15) is 5.69 Å². The molecule has 0 saturated carbocycles. The molecule has 7 heteroatoms. The minimum absolute atomic E-state index is 0.765. The van der Waals surface area contributed by atoms with Gasteiger partial charge in [0, 0.05) is 42.5 Å². The van der Waals surface area contributed by atoms with Crippen LogP contribution in [-0.2, 0) is 6.42 Å². The predicted octanol–water partition coefficient (Wildman–Crippen LogP) is 3.13. The van der Waals surface area contributed by atoms with Crippen LogP contribution in [0.15, 0.2) is 48.5 Å². The minimum atomic E-state index is 0.765. The fourth-order valence-corrected chi connectivity index (χ4v) is 3.20. The number of hydrogen-bond donors (Lipinski definition) is 2. The van der Waals surface area contributed by atoms with Gasteiger partial charge < -0.3 is 10.3 Å². The normalized spacial score (nSPS) is 11.0. The number of anilines is 1. The third-order valence-electron chi connectivity index (χ3n) is 3.48. The van der Waals surface area contributed by atoms with E-state index in [2.05, 4.69) is 35.6 Å². The predicted molar refractivity (Wildman–Crippen MR) is 91.4 cm³/mol. The SMILES string of the molecule is c1cncc(-c2nc(CCNc3ncnc4cc[nH]c34)cs2)c1. The molecule has 0 radical (unpaired) electrons. The van der Waals surface area contributed by atoms with Gasteiger partial charge >= 0.3 is 0 Å². The number of aromatic nitrogens is 5. The van der Waals surface area contributed by atoms with E-state index in [9.17, 15) is 0 Å². The number of nitrogens with zero attached hydrogens (tertiary/aromatic N) is 4. The van der Waals surface area contributed by atoms with Crippen molar-refractivity contribution in [2.75, 3.05) is 11.9 Å². The maximum Gasteiger partial charge on any atom is 0.153 e. The summed E-state index contributed by atoms with van der Waals surface area (Å²) in [5, 5.41) is 6.43. The van der Waals surface area contributed by atoms with Crippen molar-refractivity contribution < 1.29 is 0 Å². The van der Waals surface area contributed by atoms with Crippen LogP contribution in [0.5, 0.6) is 0 Å². The van der Waals surface area contributed by atoms with E-state index in [4.69, 9.17) is 0 Å². The molecule has 0 aromatic carbocycles. The molecule has 0 unspecified atom stereocenters. The van der Waals surface area contributed by atoms with Gasteiger partial charge in [0.1, 0.15) is 16.9 Å². The van der Waals surface area contributed by atoms with Gasteiger partial charge in [0.25, 0.3) is 0 Å². The van der Waals surface area contributed by atoms with Crippen molar-refractivity contribution in [1.82, 2.24) is 24.9 Å². The second kappa shape index (κ2) is 6.13. The molecule has 0 aliphatic heterocycles. The number of nitrogens with one attached hydrogen (secondary N) is 2. The molecule has 4 rings (SSSR count). The lowest BCUT2D eigenvalue weighted by molar-refractivity contribution is 0.969. The van der Waals surface area contributed by atoms with Gasteiger partial charge in [-0.1, -0.05) is 0 Å². The molecule has 4 aromatic rings. The summed E-state index contributed by atoms with van der Waals surface area (Å²) in [5.41, 5.74) is 3.97. The molecule has 0 amide bonds. The number of hydrogen-bond acceptors (Lipinski definition) is 6. The van der Waals surface area contributed by atoms with Crippen molar-refractivity contribution in [3.63, 3.8) is 0 Å². The van der Waals surface area contributed by atoms with Crippen molar-refractivity contribution in [2.24, 2.45) is 0 Å². The molecular weight excluding hydrogens is 308 g/mol. The Morgan fingerprint density at radius 2 is 2.22 bits per heavy atom. The lowest BCUT2D eigenvalue weighted by Gasteiger charge is -2.04. The van der Waals surface area contributed by atoms with E-state index in [-0.39, 0.29) is 0 Å². The first-order valence-electron chi connectivity index (χ1n) is 7.27. The monoisotopic (exact) mass is 322 g/mol. The number of aromatic amines is 1. The third-order valence-corrected chi connectivity index (χ3v) is 4.42. The summed E-state index contributed by atoms with van der Waals surface area (Å²) in [6.45, 7) is 0.765. The van der Waals surface area contributed by atoms with Gasteiger partial charge in [-0.2, -0.15) is 0 Å². The van der Waals surface area contributed by atoms with Crippen LogP contribution in [0.2, 0.25) is 0 Å². The highest BCUT2D eigenvalue weighted by Crippen LogP contribution is 2.23. The summed E-state index contributed by atoms with van der Waals surface area (Å²) in [7, 11) is 0. The number of H-pyrrole nitrogens is 1. The van der Waals surface area contributed by atoms with Crippen molar-refractivity contribution in [3.05, 3.63) is 54.2 Å². The van der Waals surface area contributed by atoms with Gasteiger partial charge in [-0.3, -0.25) is 4.98 Å². The van der Waals surface area contributed by atoms with Gasteiger partial charge in [0.2, 0.25) is 0 Å². The van der Waals surface area contributed by atoms with Crippen molar-refractivity contribution in [1.29, 1.82) is 0 Å². The van der Waals surface area contributed by atoms with E-state index in [1.54, 1.807) is 23.9 Å². The van der Waals surface area contributed by atoms with Crippen molar-refractivity contribution >= 4 is 28.2 Å². The minimum Gasteiger partial charge on any atom is -0.368 e. The highest BCUT2D eigenvalue weighted by molar-refractivity contribution is 7.13. The van der Waals surface area contributed by atoms with Gasteiger partial charge in [0.05, 0.1) is 11.2 Å². The molecule has 0 saturated heterocycles. The maximum absolute atomic E-state index is 4.66. The van der Waals surface area contributed by atoms with Crippen LogP contribution < -0.4 is 5.32 Å². The second-order valence-electron chi connectivity index (χ2n) is 5.02. The quantitative estimate of drug-likeness (QED) is 0.590. The van der Waals surface area contributed by atoms with Crippen molar-refractivity contribution in [3.8, 4) is 10.6 Å². The van der Waals surface area contributed by atoms with E-state index in [1.807, 2.05) is 30.6 Å². The molecule has 4 aromatic heterocycles. The van der Waals surface area contributed by atoms with E-state index in [1.165, 1.54) is 0 Å². The molecule has 0 aliphatic carbocycles. The zero-order valence-corrected chi connectivity index (χ0v) is 13.0. The summed E-state index contributed by atoms with van der Waals surface area (Å²) in [6, 6.07) is 5.88. The average Bonchev–Trinajstić information content (AvgIpc) is 3.25. The summed E-state index contributed by atoms with van der Waals surface area (Å²) in [5.74, 6) is 0.822. The Morgan fingerprint density at radius 1 is 1.22 bits per heavy atom. The smallest absolute Gasteiger partial charge is 0.153 e.